The summed E-state index contributed by atoms with van der Waals surface area (Å²) in [6, 6.07) is 11.5. The summed E-state index contributed by atoms with van der Waals surface area (Å²) in [6.45, 7) is 0.459. The molecule has 0 saturated carbocycles. The molecule has 0 fully saturated rings. The van der Waals surface area contributed by atoms with Crippen LogP contribution in [-0.2, 0) is 6.54 Å². The fourth-order valence-corrected chi connectivity index (χ4v) is 1.59. The van der Waals surface area contributed by atoms with Gasteiger partial charge in [-0.05, 0) is 29.8 Å². The van der Waals surface area contributed by atoms with E-state index in [2.05, 4.69) is 0 Å². The van der Waals surface area contributed by atoms with Gasteiger partial charge in [-0.1, -0.05) is 29.8 Å². The van der Waals surface area contributed by atoms with E-state index in [0.29, 0.717) is 12.3 Å². The lowest BCUT2D eigenvalue weighted by molar-refractivity contribution is 0.442. The molecular weight excluding hydrogens is 241 g/mol. The van der Waals surface area contributed by atoms with Crippen LogP contribution >= 0.6 is 11.6 Å². The van der Waals surface area contributed by atoms with Crippen molar-refractivity contribution in [1.29, 1.82) is 0 Å². The molecule has 2 rings (SSSR count). The Morgan fingerprint density at radius 2 is 1.82 bits per heavy atom. The molecule has 0 radical (unpaired) electrons. The van der Waals surface area contributed by atoms with Crippen molar-refractivity contribution in [3.63, 3.8) is 0 Å². The topological polar surface area (TPSA) is 35.2 Å². The number of nitrogens with two attached hydrogens (primary N) is 1. The normalized spacial score (nSPS) is 10.3. The van der Waals surface area contributed by atoms with Gasteiger partial charge < -0.3 is 10.5 Å². The van der Waals surface area contributed by atoms with Crippen molar-refractivity contribution in [1.82, 2.24) is 0 Å². The minimum atomic E-state index is -0.486. The number of rotatable bonds is 3. The van der Waals surface area contributed by atoms with Crippen LogP contribution < -0.4 is 10.5 Å². The highest BCUT2D eigenvalue weighted by Gasteiger charge is 2.08. The summed E-state index contributed by atoms with van der Waals surface area (Å²) in [6.07, 6.45) is 0. The van der Waals surface area contributed by atoms with Crippen molar-refractivity contribution in [3.8, 4) is 11.5 Å². The van der Waals surface area contributed by atoms with Crippen LogP contribution in [0, 0.1) is 5.82 Å². The van der Waals surface area contributed by atoms with Crippen LogP contribution in [0.1, 0.15) is 5.56 Å². The second kappa shape index (κ2) is 5.17. The quantitative estimate of drug-likeness (QED) is 0.902. The fraction of sp³-hybridized carbons (Fsp3) is 0.0769. The Bertz CT molecular complexity index is 493. The summed E-state index contributed by atoms with van der Waals surface area (Å²) in [7, 11) is 0. The second-order valence-electron chi connectivity index (χ2n) is 3.50. The van der Waals surface area contributed by atoms with Gasteiger partial charge in [0, 0.05) is 6.54 Å². The van der Waals surface area contributed by atoms with Crippen LogP contribution in [0.4, 0.5) is 4.39 Å². The minimum absolute atomic E-state index is 0.0367. The molecule has 0 atom stereocenters. The third-order valence-corrected chi connectivity index (χ3v) is 2.60. The molecule has 2 aromatic rings. The molecular formula is C13H11ClFNO. The van der Waals surface area contributed by atoms with Gasteiger partial charge in [0.15, 0.2) is 11.6 Å². The predicted molar refractivity (Wildman–Crippen MR) is 65.8 cm³/mol. The van der Waals surface area contributed by atoms with Gasteiger partial charge in [0.1, 0.15) is 5.75 Å². The smallest absolute Gasteiger partial charge is 0.181 e. The van der Waals surface area contributed by atoms with Gasteiger partial charge in [-0.15, -0.1) is 0 Å². The summed E-state index contributed by atoms with van der Waals surface area (Å²) in [5.41, 5.74) is 6.46. The maximum Gasteiger partial charge on any atom is 0.181 e. The van der Waals surface area contributed by atoms with Crippen LogP contribution in [0.3, 0.4) is 0 Å². The zero-order valence-corrected chi connectivity index (χ0v) is 9.75. The molecule has 0 aromatic heterocycles. The van der Waals surface area contributed by atoms with E-state index in [1.54, 1.807) is 18.2 Å². The molecule has 0 bridgehead atoms. The number of benzene rings is 2. The summed E-state index contributed by atoms with van der Waals surface area (Å²) in [5.74, 6) is 0.0734. The molecule has 0 aliphatic carbocycles. The zero-order chi connectivity index (χ0) is 12.3. The maximum atomic E-state index is 13.5. The van der Waals surface area contributed by atoms with Crippen molar-refractivity contribution in [2.75, 3.05) is 0 Å². The summed E-state index contributed by atoms with van der Waals surface area (Å²) in [5, 5.41) is 0.243. The Morgan fingerprint density at radius 1 is 1.12 bits per heavy atom. The van der Waals surface area contributed by atoms with Crippen molar-refractivity contribution >= 4 is 11.6 Å². The fourth-order valence-electron chi connectivity index (χ4n) is 1.39. The first kappa shape index (κ1) is 11.9. The standard InChI is InChI=1S/C13H11ClFNO/c14-11-2-1-3-12(15)13(11)17-10-6-4-9(8-16)5-7-10/h1-7H,8,16H2. The predicted octanol–water partition coefficient (Wildman–Crippen LogP) is 3.73. The Hall–Kier alpha value is -1.58. The highest BCUT2D eigenvalue weighted by Crippen LogP contribution is 2.31. The molecule has 0 aliphatic rings. The molecule has 2 aromatic carbocycles. The largest absolute Gasteiger partial charge is 0.453 e. The molecule has 0 amide bonds. The van der Waals surface area contributed by atoms with Crippen molar-refractivity contribution in [2.45, 2.75) is 6.54 Å². The van der Waals surface area contributed by atoms with E-state index < -0.39 is 5.82 Å². The van der Waals surface area contributed by atoms with E-state index in [4.69, 9.17) is 22.1 Å². The van der Waals surface area contributed by atoms with Crippen LogP contribution in [-0.4, -0.2) is 0 Å². The lowest BCUT2D eigenvalue weighted by Crippen LogP contribution is -1.95. The van der Waals surface area contributed by atoms with E-state index in [1.165, 1.54) is 12.1 Å². The Morgan fingerprint density at radius 3 is 2.41 bits per heavy atom. The highest BCUT2D eigenvalue weighted by atomic mass is 35.5. The van der Waals surface area contributed by atoms with Crippen LogP contribution in [0.15, 0.2) is 42.5 Å². The highest BCUT2D eigenvalue weighted by molar-refractivity contribution is 6.32. The zero-order valence-electron chi connectivity index (χ0n) is 8.99. The molecule has 88 valence electrons. The molecule has 0 heterocycles. The first-order valence-electron chi connectivity index (χ1n) is 5.11. The lowest BCUT2D eigenvalue weighted by Gasteiger charge is -2.08. The van der Waals surface area contributed by atoms with Gasteiger partial charge in [0.25, 0.3) is 0 Å². The second-order valence-corrected chi connectivity index (χ2v) is 3.91. The van der Waals surface area contributed by atoms with Gasteiger partial charge in [-0.3, -0.25) is 0 Å². The summed E-state index contributed by atoms with van der Waals surface area (Å²) in [4.78, 5) is 0. The number of para-hydroxylation sites is 1. The van der Waals surface area contributed by atoms with Gasteiger partial charge in [-0.25, -0.2) is 4.39 Å². The number of hydrogen-bond acceptors (Lipinski definition) is 2. The van der Waals surface area contributed by atoms with E-state index in [9.17, 15) is 4.39 Å². The van der Waals surface area contributed by atoms with Gasteiger partial charge >= 0.3 is 0 Å². The number of halogens is 2. The van der Waals surface area contributed by atoms with Crippen molar-refractivity contribution < 1.29 is 9.13 Å². The number of ether oxygens (including phenoxy) is 1. The van der Waals surface area contributed by atoms with Gasteiger partial charge in [0.2, 0.25) is 0 Å². The molecule has 0 spiro atoms. The molecule has 0 saturated heterocycles. The first-order valence-corrected chi connectivity index (χ1v) is 5.49. The van der Waals surface area contributed by atoms with E-state index in [1.807, 2.05) is 12.1 Å². The van der Waals surface area contributed by atoms with Gasteiger partial charge in [-0.2, -0.15) is 0 Å². The molecule has 4 heteroatoms. The monoisotopic (exact) mass is 251 g/mol. The third kappa shape index (κ3) is 2.75. The Kier molecular flexibility index (Phi) is 3.61. The third-order valence-electron chi connectivity index (χ3n) is 2.30. The van der Waals surface area contributed by atoms with Crippen LogP contribution in [0.2, 0.25) is 5.02 Å². The van der Waals surface area contributed by atoms with E-state index >= 15 is 0 Å². The van der Waals surface area contributed by atoms with Gasteiger partial charge in [0.05, 0.1) is 5.02 Å². The van der Waals surface area contributed by atoms with E-state index in [0.717, 1.165) is 5.56 Å². The SMILES string of the molecule is NCc1ccc(Oc2c(F)cccc2Cl)cc1. The van der Waals surface area contributed by atoms with E-state index in [-0.39, 0.29) is 10.8 Å². The minimum Gasteiger partial charge on any atom is -0.453 e. The maximum absolute atomic E-state index is 13.5. The molecule has 2 nitrogen and oxygen atoms in total. The molecule has 0 unspecified atom stereocenters. The molecule has 2 N–H and O–H groups in total. The Labute approximate surface area is 104 Å². The van der Waals surface area contributed by atoms with Crippen molar-refractivity contribution in [2.24, 2.45) is 5.73 Å². The number of hydrogen-bond donors (Lipinski definition) is 1. The van der Waals surface area contributed by atoms with Crippen molar-refractivity contribution in [3.05, 3.63) is 58.9 Å². The molecule has 17 heavy (non-hydrogen) atoms. The van der Waals surface area contributed by atoms with Crippen LogP contribution in [0.25, 0.3) is 0 Å². The molecule has 0 aliphatic heterocycles. The summed E-state index contributed by atoms with van der Waals surface area (Å²) >= 11 is 5.85. The average Bonchev–Trinajstić information content (AvgIpc) is 2.35. The van der Waals surface area contributed by atoms with Crippen LogP contribution in [0.5, 0.6) is 11.5 Å². The summed E-state index contributed by atoms with van der Waals surface area (Å²) < 4.78 is 18.8. The Balaban J connectivity index is 2.25. The lowest BCUT2D eigenvalue weighted by atomic mass is 10.2. The first-order chi connectivity index (χ1) is 8.20. The average molecular weight is 252 g/mol.